The van der Waals surface area contributed by atoms with Gasteiger partial charge in [-0.3, -0.25) is 0 Å². The van der Waals surface area contributed by atoms with Gasteiger partial charge in [-0.1, -0.05) is 62.2 Å². The van der Waals surface area contributed by atoms with Crippen LogP contribution < -0.4 is 0 Å². The summed E-state index contributed by atoms with van der Waals surface area (Å²) >= 11 is 0. The third kappa shape index (κ3) is 2.81. The fourth-order valence-corrected chi connectivity index (χ4v) is 2.15. The molecule has 0 fully saturated rings. The Bertz CT molecular complexity index is 553. The van der Waals surface area contributed by atoms with E-state index in [0.29, 0.717) is 5.92 Å². The Morgan fingerprint density at radius 2 is 1.67 bits per heavy atom. The third-order valence-corrected chi connectivity index (χ3v) is 2.99. The first kappa shape index (κ1) is 12.5. The number of benzene rings is 2. The van der Waals surface area contributed by atoms with Crippen molar-refractivity contribution in [3.63, 3.8) is 0 Å². The minimum atomic E-state index is 0.689. The van der Waals surface area contributed by atoms with Gasteiger partial charge < -0.3 is 0 Å². The van der Waals surface area contributed by atoms with E-state index < -0.39 is 0 Å². The molecule has 0 N–H and O–H groups in total. The van der Waals surface area contributed by atoms with Crippen LogP contribution in [-0.2, 0) is 6.42 Å². The molecule has 2 rings (SSSR count). The highest BCUT2D eigenvalue weighted by Gasteiger charge is 2.03. The predicted octanol–water partition coefficient (Wildman–Crippen LogP) is 4.53. The lowest BCUT2D eigenvalue weighted by Crippen LogP contribution is -1.93. The first-order valence-corrected chi connectivity index (χ1v) is 6.35. The van der Waals surface area contributed by atoms with Crippen molar-refractivity contribution in [2.24, 2.45) is 5.92 Å². The van der Waals surface area contributed by atoms with Gasteiger partial charge in [-0.15, -0.1) is 6.42 Å². The van der Waals surface area contributed by atoms with Crippen molar-refractivity contribution in [1.82, 2.24) is 0 Å². The number of hydrogen-bond donors (Lipinski definition) is 0. The van der Waals surface area contributed by atoms with E-state index in [9.17, 15) is 0 Å². The molecule has 0 saturated heterocycles. The van der Waals surface area contributed by atoms with E-state index in [4.69, 9.17) is 6.42 Å². The molecule has 0 heterocycles. The summed E-state index contributed by atoms with van der Waals surface area (Å²) in [5.74, 6) is 3.43. The lowest BCUT2D eigenvalue weighted by Gasteiger charge is -2.08. The summed E-state index contributed by atoms with van der Waals surface area (Å²) < 4.78 is 0. The van der Waals surface area contributed by atoms with Crippen LogP contribution in [0.4, 0.5) is 0 Å². The third-order valence-electron chi connectivity index (χ3n) is 2.99. The van der Waals surface area contributed by atoms with E-state index in [0.717, 1.165) is 17.5 Å². The van der Waals surface area contributed by atoms with Crippen LogP contribution >= 0.6 is 0 Å². The van der Waals surface area contributed by atoms with Crippen molar-refractivity contribution in [3.8, 4) is 23.5 Å². The van der Waals surface area contributed by atoms with Crippen molar-refractivity contribution >= 4 is 0 Å². The van der Waals surface area contributed by atoms with Crippen molar-refractivity contribution < 1.29 is 0 Å². The average Bonchev–Trinajstić information content (AvgIpc) is 2.39. The molecule has 0 bridgehead atoms. The fourth-order valence-electron chi connectivity index (χ4n) is 2.15. The van der Waals surface area contributed by atoms with Gasteiger partial charge in [0.05, 0.1) is 0 Å². The number of rotatable bonds is 3. The monoisotopic (exact) mass is 234 g/mol. The van der Waals surface area contributed by atoms with Gasteiger partial charge in [-0.25, -0.2) is 0 Å². The Kier molecular flexibility index (Phi) is 3.85. The van der Waals surface area contributed by atoms with Crippen LogP contribution in [0.1, 0.15) is 25.0 Å². The summed E-state index contributed by atoms with van der Waals surface area (Å²) in [6.45, 7) is 4.48. The summed E-state index contributed by atoms with van der Waals surface area (Å²) in [5, 5.41) is 0. The lowest BCUT2D eigenvalue weighted by atomic mass is 9.97. The summed E-state index contributed by atoms with van der Waals surface area (Å²) in [6, 6.07) is 16.8. The molecule has 0 unspecified atom stereocenters. The van der Waals surface area contributed by atoms with E-state index in [1.165, 1.54) is 11.1 Å². The molecule has 0 aliphatic heterocycles. The van der Waals surface area contributed by atoms with E-state index in [-0.39, 0.29) is 0 Å². The molecule has 0 aliphatic carbocycles. The maximum atomic E-state index is 5.53. The summed E-state index contributed by atoms with van der Waals surface area (Å²) in [5.41, 5.74) is 4.66. The van der Waals surface area contributed by atoms with Crippen molar-refractivity contribution in [2.45, 2.75) is 20.3 Å². The molecular weight excluding hydrogens is 216 g/mol. The second-order valence-electron chi connectivity index (χ2n) is 4.98. The molecule has 0 nitrogen and oxygen atoms in total. The minimum absolute atomic E-state index is 0.689. The van der Waals surface area contributed by atoms with Crippen molar-refractivity contribution in [3.05, 3.63) is 59.7 Å². The Morgan fingerprint density at radius 3 is 2.28 bits per heavy atom. The molecule has 2 aromatic rings. The molecule has 0 amide bonds. The summed E-state index contributed by atoms with van der Waals surface area (Å²) in [4.78, 5) is 0. The van der Waals surface area contributed by atoms with E-state index >= 15 is 0 Å². The zero-order valence-electron chi connectivity index (χ0n) is 11.0. The van der Waals surface area contributed by atoms with Crippen LogP contribution in [-0.4, -0.2) is 0 Å². The molecule has 0 heteroatoms. The zero-order valence-corrected chi connectivity index (χ0v) is 11.0. The first-order chi connectivity index (χ1) is 8.70. The van der Waals surface area contributed by atoms with E-state index in [1.54, 1.807) is 0 Å². The zero-order chi connectivity index (χ0) is 13.0. The smallest absolute Gasteiger partial charge is 0.0321 e. The highest BCUT2D eigenvalue weighted by molar-refractivity contribution is 5.71. The second kappa shape index (κ2) is 5.56. The van der Waals surface area contributed by atoms with Gasteiger partial charge in [-0.05, 0) is 35.1 Å². The van der Waals surface area contributed by atoms with Crippen LogP contribution in [0, 0.1) is 18.3 Å². The summed E-state index contributed by atoms with van der Waals surface area (Å²) in [6.07, 6.45) is 6.66. The predicted molar refractivity (Wildman–Crippen MR) is 78.4 cm³/mol. The number of terminal acetylenes is 1. The van der Waals surface area contributed by atoms with E-state index in [2.05, 4.69) is 50.1 Å². The van der Waals surface area contributed by atoms with Gasteiger partial charge in [-0.2, -0.15) is 0 Å². The maximum absolute atomic E-state index is 5.53. The Balaban J connectivity index is 2.32. The van der Waals surface area contributed by atoms with Gasteiger partial charge in [0.15, 0.2) is 0 Å². The van der Waals surface area contributed by atoms with Crippen LogP contribution in [0.15, 0.2) is 48.5 Å². The van der Waals surface area contributed by atoms with Crippen molar-refractivity contribution in [2.75, 3.05) is 0 Å². The standard InChI is InChI=1S/C18H18/c1-4-16-7-5-6-8-18(16)17-11-9-15(10-12-17)13-14(2)3/h1,5-12,14H,13H2,2-3H3. The van der Waals surface area contributed by atoms with Gasteiger partial charge in [0.25, 0.3) is 0 Å². The molecule has 90 valence electrons. The molecule has 0 saturated carbocycles. The second-order valence-corrected chi connectivity index (χ2v) is 4.98. The first-order valence-electron chi connectivity index (χ1n) is 6.35. The normalized spacial score (nSPS) is 10.3. The lowest BCUT2D eigenvalue weighted by molar-refractivity contribution is 0.647. The molecule has 0 aromatic heterocycles. The molecule has 0 aliphatic rings. The topological polar surface area (TPSA) is 0 Å². The highest BCUT2D eigenvalue weighted by Crippen LogP contribution is 2.24. The maximum Gasteiger partial charge on any atom is 0.0321 e. The SMILES string of the molecule is C#Cc1ccccc1-c1ccc(CC(C)C)cc1. The molecule has 0 atom stereocenters. The molecule has 0 spiro atoms. The Labute approximate surface area is 110 Å². The molecular formula is C18H18. The number of hydrogen-bond acceptors (Lipinski definition) is 0. The van der Waals surface area contributed by atoms with Crippen LogP contribution in [0.25, 0.3) is 11.1 Å². The highest BCUT2D eigenvalue weighted by atomic mass is 14.1. The molecule has 0 radical (unpaired) electrons. The van der Waals surface area contributed by atoms with Gasteiger partial charge in [0.1, 0.15) is 0 Å². The fraction of sp³-hybridized carbons (Fsp3) is 0.222. The van der Waals surface area contributed by atoms with Gasteiger partial charge >= 0.3 is 0 Å². The molecule has 18 heavy (non-hydrogen) atoms. The van der Waals surface area contributed by atoms with Gasteiger partial charge in [0, 0.05) is 5.56 Å². The molecule has 2 aromatic carbocycles. The van der Waals surface area contributed by atoms with Crippen LogP contribution in [0.5, 0.6) is 0 Å². The van der Waals surface area contributed by atoms with Crippen molar-refractivity contribution in [1.29, 1.82) is 0 Å². The minimum Gasteiger partial charge on any atom is -0.115 e. The van der Waals surface area contributed by atoms with Gasteiger partial charge in [0.2, 0.25) is 0 Å². The van der Waals surface area contributed by atoms with Crippen LogP contribution in [0.2, 0.25) is 0 Å². The average molecular weight is 234 g/mol. The quantitative estimate of drug-likeness (QED) is 0.684. The van der Waals surface area contributed by atoms with Crippen LogP contribution in [0.3, 0.4) is 0 Å². The summed E-state index contributed by atoms with van der Waals surface area (Å²) in [7, 11) is 0. The Morgan fingerprint density at radius 1 is 1.00 bits per heavy atom. The Hall–Kier alpha value is -2.00. The largest absolute Gasteiger partial charge is 0.115 e. The van der Waals surface area contributed by atoms with E-state index in [1.807, 2.05) is 18.2 Å².